The van der Waals surface area contributed by atoms with Crippen molar-refractivity contribution in [3.05, 3.63) is 23.8 Å². The second kappa shape index (κ2) is 3.97. The topological polar surface area (TPSA) is 92.8 Å². The lowest BCUT2D eigenvalue weighted by molar-refractivity contribution is -0.146. The van der Waals surface area contributed by atoms with E-state index in [1.54, 1.807) is 0 Å². The number of benzene rings is 1. The van der Waals surface area contributed by atoms with Gasteiger partial charge in [0.2, 0.25) is 0 Å². The fourth-order valence-corrected chi connectivity index (χ4v) is 1.04. The highest BCUT2D eigenvalue weighted by Gasteiger charge is 2.16. The van der Waals surface area contributed by atoms with Crippen molar-refractivity contribution < 1.29 is 19.7 Å². The Bertz CT molecular complexity index is 351. The van der Waals surface area contributed by atoms with Gasteiger partial charge in [0, 0.05) is 0 Å². The van der Waals surface area contributed by atoms with Crippen LogP contribution in [0.5, 0.6) is 5.75 Å². The number of rotatable bonds is 3. The molecule has 5 heteroatoms. The first kappa shape index (κ1) is 10.3. The number of aliphatic hydroxyl groups is 1. The number of nitrogen functional groups attached to an aromatic ring is 1. The average Bonchev–Trinajstić information content (AvgIpc) is 2.17. The van der Waals surface area contributed by atoms with Crippen molar-refractivity contribution in [1.82, 2.24) is 0 Å². The van der Waals surface area contributed by atoms with Gasteiger partial charge in [-0.3, -0.25) is 0 Å². The van der Waals surface area contributed by atoms with Gasteiger partial charge in [-0.15, -0.1) is 0 Å². The Balaban J connectivity index is 3.06. The summed E-state index contributed by atoms with van der Waals surface area (Å²) in [6.07, 6.45) is -1.55. The summed E-state index contributed by atoms with van der Waals surface area (Å²) in [5, 5.41) is 17.8. The highest BCUT2D eigenvalue weighted by atomic mass is 16.5. The molecule has 0 aliphatic rings. The maximum absolute atomic E-state index is 10.5. The summed E-state index contributed by atoms with van der Waals surface area (Å²) < 4.78 is 4.89. The highest BCUT2D eigenvalue weighted by molar-refractivity contribution is 5.74. The van der Waals surface area contributed by atoms with Crippen LogP contribution in [0, 0.1) is 0 Å². The van der Waals surface area contributed by atoms with E-state index in [0.29, 0.717) is 11.4 Å². The first-order valence-electron chi connectivity index (χ1n) is 3.90. The third kappa shape index (κ3) is 1.94. The Morgan fingerprint density at radius 3 is 2.71 bits per heavy atom. The van der Waals surface area contributed by atoms with Crippen molar-refractivity contribution >= 4 is 11.7 Å². The number of nitrogens with two attached hydrogens (primary N) is 1. The van der Waals surface area contributed by atoms with Crippen LogP contribution < -0.4 is 10.5 Å². The average molecular weight is 197 g/mol. The van der Waals surface area contributed by atoms with Crippen LogP contribution in [-0.4, -0.2) is 23.3 Å². The van der Waals surface area contributed by atoms with E-state index in [0.717, 1.165) is 0 Å². The predicted molar refractivity (Wildman–Crippen MR) is 50.0 cm³/mol. The van der Waals surface area contributed by atoms with Gasteiger partial charge in [0.25, 0.3) is 0 Å². The van der Waals surface area contributed by atoms with Gasteiger partial charge in [0.1, 0.15) is 5.75 Å². The summed E-state index contributed by atoms with van der Waals surface area (Å²) in [7, 11) is 1.42. The van der Waals surface area contributed by atoms with Gasteiger partial charge < -0.3 is 20.7 Å². The monoisotopic (exact) mass is 197 g/mol. The number of aliphatic hydroxyl groups excluding tert-OH is 1. The molecule has 0 saturated carbocycles. The van der Waals surface area contributed by atoms with Gasteiger partial charge in [-0.25, -0.2) is 4.79 Å². The zero-order valence-corrected chi connectivity index (χ0v) is 7.60. The fourth-order valence-electron chi connectivity index (χ4n) is 1.04. The Kier molecular flexibility index (Phi) is 2.93. The molecular weight excluding hydrogens is 186 g/mol. The fraction of sp³-hybridized carbons (Fsp3) is 0.222. The lowest BCUT2D eigenvalue weighted by atomic mass is 10.1. The molecule has 0 aliphatic heterocycles. The molecule has 1 aromatic carbocycles. The van der Waals surface area contributed by atoms with E-state index >= 15 is 0 Å². The number of ether oxygens (including phenoxy) is 1. The molecule has 1 rings (SSSR count). The molecule has 1 aromatic rings. The van der Waals surface area contributed by atoms with Gasteiger partial charge in [0.15, 0.2) is 6.10 Å². The molecule has 0 bridgehead atoms. The van der Waals surface area contributed by atoms with Crippen molar-refractivity contribution in [2.24, 2.45) is 0 Å². The van der Waals surface area contributed by atoms with E-state index in [1.807, 2.05) is 0 Å². The molecule has 5 nitrogen and oxygen atoms in total. The van der Waals surface area contributed by atoms with Crippen LogP contribution in [0.2, 0.25) is 0 Å². The van der Waals surface area contributed by atoms with Gasteiger partial charge in [-0.05, 0) is 17.7 Å². The molecule has 0 fully saturated rings. The van der Waals surface area contributed by atoms with Crippen LogP contribution >= 0.6 is 0 Å². The smallest absolute Gasteiger partial charge is 0.337 e. The number of hydrogen-bond acceptors (Lipinski definition) is 4. The Labute approximate surface area is 80.7 Å². The minimum atomic E-state index is -1.55. The van der Waals surface area contributed by atoms with Crippen molar-refractivity contribution in [3.8, 4) is 5.75 Å². The van der Waals surface area contributed by atoms with Gasteiger partial charge >= 0.3 is 5.97 Å². The first-order chi connectivity index (χ1) is 6.56. The number of carboxylic acid groups (broad SMARTS) is 1. The summed E-state index contributed by atoms with van der Waals surface area (Å²) in [6, 6.07) is 4.32. The van der Waals surface area contributed by atoms with Crippen LogP contribution in [0.15, 0.2) is 18.2 Å². The number of methoxy groups -OCH3 is 1. The molecule has 0 aliphatic carbocycles. The zero-order valence-electron chi connectivity index (χ0n) is 7.60. The minimum Gasteiger partial charge on any atom is -0.495 e. The van der Waals surface area contributed by atoms with Crippen molar-refractivity contribution in [2.45, 2.75) is 6.10 Å². The molecule has 0 spiro atoms. The summed E-state index contributed by atoms with van der Waals surface area (Å²) in [4.78, 5) is 10.5. The van der Waals surface area contributed by atoms with E-state index in [-0.39, 0.29) is 5.56 Å². The van der Waals surface area contributed by atoms with E-state index in [4.69, 9.17) is 15.6 Å². The third-order valence-electron chi connectivity index (χ3n) is 1.81. The van der Waals surface area contributed by atoms with Crippen LogP contribution in [0.1, 0.15) is 11.7 Å². The van der Waals surface area contributed by atoms with E-state index < -0.39 is 12.1 Å². The highest BCUT2D eigenvalue weighted by Crippen LogP contribution is 2.25. The molecule has 0 radical (unpaired) electrons. The summed E-state index contributed by atoms with van der Waals surface area (Å²) in [5.41, 5.74) is 6.16. The zero-order chi connectivity index (χ0) is 10.7. The normalized spacial score (nSPS) is 12.1. The SMILES string of the molecule is COc1cc(C(O)C(=O)O)ccc1N. The van der Waals surface area contributed by atoms with Gasteiger partial charge in [0.05, 0.1) is 12.8 Å². The molecule has 14 heavy (non-hydrogen) atoms. The van der Waals surface area contributed by atoms with Crippen molar-refractivity contribution in [2.75, 3.05) is 12.8 Å². The number of anilines is 1. The maximum Gasteiger partial charge on any atom is 0.337 e. The largest absolute Gasteiger partial charge is 0.495 e. The van der Waals surface area contributed by atoms with E-state index in [2.05, 4.69) is 0 Å². The van der Waals surface area contributed by atoms with E-state index in [9.17, 15) is 9.90 Å². The van der Waals surface area contributed by atoms with Crippen LogP contribution in [0.4, 0.5) is 5.69 Å². The van der Waals surface area contributed by atoms with Crippen LogP contribution in [-0.2, 0) is 4.79 Å². The van der Waals surface area contributed by atoms with E-state index in [1.165, 1.54) is 25.3 Å². The molecule has 0 amide bonds. The van der Waals surface area contributed by atoms with Crippen molar-refractivity contribution in [3.63, 3.8) is 0 Å². The summed E-state index contributed by atoms with van der Waals surface area (Å²) in [5.74, 6) is -0.959. The molecule has 76 valence electrons. The molecule has 4 N–H and O–H groups in total. The Hall–Kier alpha value is -1.75. The first-order valence-corrected chi connectivity index (χ1v) is 3.90. The molecule has 0 saturated heterocycles. The number of carboxylic acids is 1. The standard InChI is InChI=1S/C9H11NO4/c1-14-7-4-5(2-3-6(7)10)8(11)9(12)13/h2-4,8,11H,10H2,1H3,(H,12,13). The summed E-state index contributed by atoms with van der Waals surface area (Å²) in [6.45, 7) is 0. The second-order valence-electron chi connectivity index (χ2n) is 2.74. The van der Waals surface area contributed by atoms with Gasteiger partial charge in [-0.1, -0.05) is 6.07 Å². The number of hydrogen-bond donors (Lipinski definition) is 3. The minimum absolute atomic E-state index is 0.239. The lowest BCUT2D eigenvalue weighted by Gasteiger charge is -2.09. The Morgan fingerprint density at radius 2 is 2.21 bits per heavy atom. The Morgan fingerprint density at radius 1 is 1.57 bits per heavy atom. The molecule has 1 atom stereocenters. The molecule has 0 heterocycles. The second-order valence-corrected chi connectivity index (χ2v) is 2.74. The quantitative estimate of drug-likeness (QED) is 0.610. The molecular formula is C9H11NO4. The van der Waals surface area contributed by atoms with Crippen LogP contribution in [0.3, 0.4) is 0 Å². The predicted octanol–water partition coefficient (Wildman–Crippen LogP) is 0.395. The number of carbonyl (C=O) groups is 1. The maximum atomic E-state index is 10.5. The summed E-state index contributed by atoms with van der Waals surface area (Å²) >= 11 is 0. The molecule has 1 unspecified atom stereocenters. The van der Waals surface area contributed by atoms with Crippen molar-refractivity contribution in [1.29, 1.82) is 0 Å². The lowest BCUT2D eigenvalue weighted by Crippen LogP contribution is -2.10. The number of aliphatic carboxylic acids is 1. The van der Waals surface area contributed by atoms with Crippen LogP contribution in [0.25, 0.3) is 0 Å². The molecule has 0 aromatic heterocycles. The van der Waals surface area contributed by atoms with Gasteiger partial charge in [-0.2, -0.15) is 0 Å². The third-order valence-corrected chi connectivity index (χ3v) is 1.81.